The number of carbonyl (C=O) groups excluding carboxylic acids is 1. The smallest absolute Gasteiger partial charge is 0.310 e. The SMILES string of the molecule is CN=C(NCC(C)CN1CCCCC1)N1CC(C)C(C(=O)OC)C1. The Balaban J connectivity index is 1.78. The number of rotatable bonds is 5. The molecule has 2 aliphatic rings. The number of likely N-dealkylation sites (tertiary alicyclic amines) is 2. The largest absolute Gasteiger partial charge is 0.469 e. The van der Waals surface area contributed by atoms with Gasteiger partial charge in [0, 0.05) is 33.2 Å². The van der Waals surface area contributed by atoms with Gasteiger partial charge in [-0.3, -0.25) is 9.79 Å². The normalized spacial score (nSPS) is 27.2. The number of ether oxygens (including phenoxy) is 1. The summed E-state index contributed by atoms with van der Waals surface area (Å²) < 4.78 is 4.92. The number of aliphatic imine (C=N–C) groups is 1. The second-order valence-corrected chi connectivity index (χ2v) is 7.41. The molecule has 3 atom stereocenters. The van der Waals surface area contributed by atoms with Crippen LogP contribution in [0.25, 0.3) is 0 Å². The highest BCUT2D eigenvalue weighted by atomic mass is 16.5. The molecule has 2 heterocycles. The molecule has 0 aromatic carbocycles. The molecule has 0 aromatic rings. The van der Waals surface area contributed by atoms with Crippen LogP contribution in [0.15, 0.2) is 4.99 Å². The molecule has 24 heavy (non-hydrogen) atoms. The number of methoxy groups -OCH3 is 1. The first-order valence-corrected chi connectivity index (χ1v) is 9.31. The van der Waals surface area contributed by atoms with Gasteiger partial charge in [0.05, 0.1) is 13.0 Å². The zero-order valence-corrected chi connectivity index (χ0v) is 15.8. The van der Waals surface area contributed by atoms with Gasteiger partial charge in [-0.1, -0.05) is 20.3 Å². The third kappa shape index (κ3) is 5.10. The quantitative estimate of drug-likeness (QED) is 0.467. The zero-order chi connectivity index (χ0) is 17.5. The third-order valence-electron chi connectivity index (χ3n) is 5.25. The van der Waals surface area contributed by atoms with Crippen LogP contribution in [-0.2, 0) is 9.53 Å². The lowest BCUT2D eigenvalue weighted by molar-refractivity contribution is -0.145. The van der Waals surface area contributed by atoms with E-state index in [2.05, 4.69) is 34.0 Å². The van der Waals surface area contributed by atoms with Gasteiger partial charge in [-0.25, -0.2) is 0 Å². The fourth-order valence-electron chi connectivity index (χ4n) is 3.84. The second-order valence-electron chi connectivity index (χ2n) is 7.41. The average Bonchev–Trinajstić information content (AvgIpc) is 2.97. The van der Waals surface area contributed by atoms with E-state index < -0.39 is 0 Å². The highest BCUT2D eigenvalue weighted by Crippen LogP contribution is 2.24. The van der Waals surface area contributed by atoms with Crippen molar-refractivity contribution in [1.29, 1.82) is 0 Å². The molecule has 2 rings (SSSR count). The summed E-state index contributed by atoms with van der Waals surface area (Å²) in [6, 6.07) is 0. The first-order valence-electron chi connectivity index (χ1n) is 9.31. The summed E-state index contributed by atoms with van der Waals surface area (Å²) in [4.78, 5) is 21.0. The Morgan fingerprint density at radius 1 is 1.29 bits per heavy atom. The minimum absolute atomic E-state index is 0.0562. The van der Waals surface area contributed by atoms with Crippen molar-refractivity contribution in [3.63, 3.8) is 0 Å². The average molecular weight is 338 g/mol. The van der Waals surface area contributed by atoms with Gasteiger partial charge in [0.15, 0.2) is 5.96 Å². The molecule has 0 bridgehead atoms. The highest BCUT2D eigenvalue weighted by Gasteiger charge is 2.36. The lowest BCUT2D eigenvalue weighted by Gasteiger charge is -2.30. The van der Waals surface area contributed by atoms with E-state index in [4.69, 9.17) is 4.74 Å². The number of hydrogen-bond donors (Lipinski definition) is 1. The Hall–Kier alpha value is -1.30. The molecule has 1 N–H and O–H groups in total. The predicted octanol–water partition coefficient (Wildman–Crippen LogP) is 1.42. The highest BCUT2D eigenvalue weighted by molar-refractivity contribution is 5.82. The fraction of sp³-hybridized carbons (Fsp3) is 0.889. The molecule has 6 heteroatoms. The van der Waals surface area contributed by atoms with E-state index in [9.17, 15) is 4.79 Å². The van der Waals surface area contributed by atoms with Gasteiger partial charge < -0.3 is 19.9 Å². The molecule has 3 unspecified atom stereocenters. The summed E-state index contributed by atoms with van der Waals surface area (Å²) >= 11 is 0. The van der Waals surface area contributed by atoms with Crippen LogP contribution >= 0.6 is 0 Å². The molecular formula is C18H34N4O2. The van der Waals surface area contributed by atoms with E-state index in [1.807, 2.05) is 7.05 Å². The molecule has 6 nitrogen and oxygen atoms in total. The molecule has 0 saturated carbocycles. The van der Waals surface area contributed by atoms with E-state index in [-0.39, 0.29) is 11.9 Å². The summed E-state index contributed by atoms with van der Waals surface area (Å²) in [5.41, 5.74) is 0. The van der Waals surface area contributed by atoms with Gasteiger partial charge in [0.25, 0.3) is 0 Å². The van der Waals surface area contributed by atoms with Gasteiger partial charge >= 0.3 is 5.97 Å². The maximum absolute atomic E-state index is 11.9. The molecule has 2 saturated heterocycles. The topological polar surface area (TPSA) is 57.2 Å². The number of carbonyl (C=O) groups is 1. The first-order chi connectivity index (χ1) is 11.5. The number of nitrogens with one attached hydrogen (secondary N) is 1. The van der Waals surface area contributed by atoms with E-state index in [1.54, 1.807) is 0 Å². The first kappa shape index (κ1) is 19.0. The van der Waals surface area contributed by atoms with Gasteiger partial charge in [0.2, 0.25) is 0 Å². The summed E-state index contributed by atoms with van der Waals surface area (Å²) in [5.74, 6) is 1.61. The molecule has 0 radical (unpaired) electrons. The van der Waals surface area contributed by atoms with Crippen molar-refractivity contribution in [3.05, 3.63) is 0 Å². The molecule has 2 aliphatic heterocycles. The maximum Gasteiger partial charge on any atom is 0.310 e. The molecule has 2 fully saturated rings. The van der Waals surface area contributed by atoms with Gasteiger partial charge in [-0.2, -0.15) is 0 Å². The van der Waals surface area contributed by atoms with Crippen LogP contribution in [0.3, 0.4) is 0 Å². The summed E-state index contributed by atoms with van der Waals surface area (Å²) in [6.07, 6.45) is 4.05. The van der Waals surface area contributed by atoms with E-state index in [0.717, 1.165) is 25.6 Å². The number of esters is 1. The molecular weight excluding hydrogens is 304 g/mol. The Morgan fingerprint density at radius 3 is 2.62 bits per heavy atom. The zero-order valence-electron chi connectivity index (χ0n) is 15.8. The summed E-state index contributed by atoms with van der Waals surface area (Å²) in [6.45, 7) is 10.5. The van der Waals surface area contributed by atoms with Crippen LogP contribution in [0.5, 0.6) is 0 Å². The van der Waals surface area contributed by atoms with Gasteiger partial charge in [-0.05, 0) is 37.8 Å². The monoisotopic (exact) mass is 338 g/mol. The van der Waals surface area contributed by atoms with Crippen LogP contribution in [0.4, 0.5) is 0 Å². The standard InChI is InChI=1S/C18H34N4O2/c1-14(11-21-8-6-5-7-9-21)10-20-18(19-3)22-12-15(2)16(13-22)17(23)24-4/h14-16H,5-13H2,1-4H3,(H,19,20). The van der Waals surface area contributed by atoms with Crippen molar-refractivity contribution in [2.45, 2.75) is 33.1 Å². The van der Waals surface area contributed by atoms with Crippen molar-refractivity contribution in [2.75, 3.05) is 53.4 Å². The Morgan fingerprint density at radius 2 is 2.00 bits per heavy atom. The number of nitrogens with zero attached hydrogens (tertiary/aromatic N) is 3. The summed E-state index contributed by atoms with van der Waals surface area (Å²) in [7, 11) is 3.28. The third-order valence-corrected chi connectivity index (χ3v) is 5.25. The Bertz CT molecular complexity index is 435. The van der Waals surface area contributed by atoms with Crippen molar-refractivity contribution < 1.29 is 9.53 Å². The van der Waals surface area contributed by atoms with E-state index >= 15 is 0 Å². The summed E-state index contributed by atoms with van der Waals surface area (Å²) in [5, 5.41) is 3.50. The van der Waals surface area contributed by atoms with Crippen LogP contribution in [0, 0.1) is 17.8 Å². The van der Waals surface area contributed by atoms with E-state index in [0.29, 0.717) is 18.4 Å². The minimum atomic E-state index is -0.112. The lowest BCUT2D eigenvalue weighted by atomic mass is 9.99. The van der Waals surface area contributed by atoms with Crippen LogP contribution < -0.4 is 5.32 Å². The molecule has 0 spiro atoms. The molecule has 0 aromatic heterocycles. The second kappa shape index (κ2) is 9.25. The number of piperidine rings is 1. The van der Waals surface area contributed by atoms with Crippen molar-refractivity contribution in [3.8, 4) is 0 Å². The number of hydrogen-bond acceptors (Lipinski definition) is 4. The van der Waals surface area contributed by atoms with Crippen LogP contribution in [0.1, 0.15) is 33.1 Å². The maximum atomic E-state index is 11.9. The van der Waals surface area contributed by atoms with Crippen molar-refractivity contribution in [1.82, 2.24) is 15.1 Å². The van der Waals surface area contributed by atoms with Crippen molar-refractivity contribution in [2.24, 2.45) is 22.7 Å². The number of guanidine groups is 1. The van der Waals surface area contributed by atoms with Crippen LogP contribution in [-0.4, -0.2) is 75.2 Å². The Kier molecular flexibility index (Phi) is 7.34. The van der Waals surface area contributed by atoms with Gasteiger partial charge in [-0.15, -0.1) is 0 Å². The van der Waals surface area contributed by atoms with Crippen molar-refractivity contribution >= 4 is 11.9 Å². The fourth-order valence-corrected chi connectivity index (χ4v) is 3.84. The molecule has 138 valence electrons. The van der Waals surface area contributed by atoms with Crippen LogP contribution in [0.2, 0.25) is 0 Å². The van der Waals surface area contributed by atoms with Gasteiger partial charge in [0.1, 0.15) is 0 Å². The Labute approximate surface area is 146 Å². The molecule has 0 amide bonds. The minimum Gasteiger partial charge on any atom is -0.469 e. The lowest BCUT2D eigenvalue weighted by Crippen LogP contribution is -2.44. The molecule has 0 aliphatic carbocycles. The van der Waals surface area contributed by atoms with E-state index in [1.165, 1.54) is 39.5 Å². The predicted molar refractivity (Wildman–Crippen MR) is 97.1 cm³/mol.